The van der Waals surface area contributed by atoms with Crippen molar-refractivity contribution in [3.8, 4) is 28.5 Å². The van der Waals surface area contributed by atoms with Gasteiger partial charge in [0.05, 0.1) is 17.6 Å². The van der Waals surface area contributed by atoms with Crippen LogP contribution in [0.1, 0.15) is 15.9 Å². The Morgan fingerprint density at radius 2 is 2.04 bits per heavy atom. The number of imidazole rings is 1. The fraction of sp³-hybridized carbons (Fsp3) is 0.100. The number of aryl methyl sites for hydroxylation is 1. The van der Waals surface area contributed by atoms with Gasteiger partial charge in [0.1, 0.15) is 11.4 Å². The van der Waals surface area contributed by atoms with E-state index in [0.29, 0.717) is 40.4 Å². The first-order valence-corrected chi connectivity index (χ1v) is 8.55. The molecule has 2 heterocycles. The predicted octanol–water partition coefficient (Wildman–Crippen LogP) is 2.64. The van der Waals surface area contributed by atoms with Gasteiger partial charge in [0.2, 0.25) is 5.91 Å². The average molecular weight is 374 g/mol. The number of hydrogen-bond donors (Lipinski definition) is 3. The number of nitrogens with two attached hydrogens (primary N) is 1. The van der Waals surface area contributed by atoms with Gasteiger partial charge in [-0.1, -0.05) is 24.3 Å². The zero-order valence-electron chi connectivity index (χ0n) is 15.2. The number of benzene rings is 2. The van der Waals surface area contributed by atoms with Crippen molar-refractivity contribution in [2.75, 3.05) is 0 Å². The van der Waals surface area contributed by atoms with E-state index in [1.54, 1.807) is 29.9 Å². The van der Waals surface area contributed by atoms with Gasteiger partial charge in [-0.05, 0) is 30.5 Å². The van der Waals surface area contributed by atoms with Crippen LogP contribution in [0.25, 0.3) is 33.8 Å². The topological polar surface area (TPSA) is 122 Å². The number of carbonyl (C=O) groups excluding carboxylic acids is 1. The molecule has 2 aromatic heterocycles. The fourth-order valence-electron chi connectivity index (χ4n) is 3.14. The molecule has 28 heavy (non-hydrogen) atoms. The Morgan fingerprint density at radius 3 is 2.71 bits per heavy atom. The van der Waals surface area contributed by atoms with Crippen molar-refractivity contribution < 1.29 is 9.90 Å². The summed E-state index contributed by atoms with van der Waals surface area (Å²) in [4.78, 5) is 22.9. The molecule has 2 aromatic carbocycles. The zero-order chi connectivity index (χ0) is 19.8. The first-order valence-electron chi connectivity index (χ1n) is 8.55. The molecule has 0 aliphatic heterocycles. The Hall–Kier alpha value is -3.94. The van der Waals surface area contributed by atoms with E-state index in [4.69, 9.17) is 5.73 Å². The van der Waals surface area contributed by atoms with E-state index in [9.17, 15) is 9.90 Å². The van der Waals surface area contributed by atoms with Crippen molar-refractivity contribution >= 4 is 23.7 Å². The number of aliphatic imine (C=N–C) groups is 1. The SMILES string of the molecule is C=NCc1ccc(-c2nn(C)c(-c3nc4ccc(C(N)=O)cc4[nH]3)c2O)cc1. The highest BCUT2D eigenvalue weighted by Gasteiger charge is 2.21. The van der Waals surface area contributed by atoms with Gasteiger partial charge in [-0.3, -0.25) is 14.5 Å². The minimum Gasteiger partial charge on any atom is -0.504 e. The van der Waals surface area contributed by atoms with Crippen LogP contribution in [0.3, 0.4) is 0 Å². The molecule has 0 radical (unpaired) electrons. The number of carbonyl (C=O) groups is 1. The monoisotopic (exact) mass is 374 g/mol. The number of aromatic amines is 1. The van der Waals surface area contributed by atoms with Gasteiger partial charge in [0.15, 0.2) is 11.6 Å². The molecule has 0 bridgehead atoms. The minimum absolute atomic E-state index is 0.0197. The van der Waals surface area contributed by atoms with E-state index < -0.39 is 5.91 Å². The largest absolute Gasteiger partial charge is 0.504 e. The molecule has 4 rings (SSSR count). The summed E-state index contributed by atoms with van der Waals surface area (Å²) in [6.45, 7) is 4.02. The van der Waals surface area contributed by atoms with Gasteiger partial charge < -0.3 is 15.8 Å². The molecule has 0 saturated heterocycles. The molecule has 0 aliphatic carbocycles. The highest BCUT2D eigenvalue weighted by Crippen LogP contribution is 2.37. The number of aromatic hydroxyl groups is 1. The first-order chi connectivity index (χ1) is 13.5. The summed E-state index contributed by atoms with van der Waals surface area (Å²) in [6, 6.07) is 12.6. The van der Waals surface area contributed by atoms with Crippen LogP contribution in [0.2, 0.25) is 0 Å². The van der Waals surface area contributed by atoms with Crippen molar-refractivity contribution in [3.63, 3.8) is 0 Å². The Kier molecular flexibility index (Phi) is 4.15. The molecule has 140 valence electrons. The number of fused-ring (bicyclic) bond motifs is 1. The number of aromatic nitrogens is 4. The van der Waals surface area contributed by atoms with Crippen LogP contribution in [0.4, 0.5) is 0 Å². The lowest BCUT2D eigenvalue weighted by molar-refractivity contribution is 0.100. The fourth-order valence-corrected chi connectivity index (χ4v) is 3.14. The normalized spacial score (nSPS) is 11.0. The van der Waals surface area contributed by atoms with E-state index in [0.717, 1.165) is 11.1 Å². The molecule has 0 unspecified atom stereocenters. The van der Waals surface area contributed by atoms with Gasteiger partial charge in [-0.2, -0.15) is 5.10 Å². The van der Waals surface area contributed by atoms with Crippen molar-refractivity contribution in [3.05, 3.63) is 53.6 Å². The van der Waals surface area contributed by atoms with Gasteiger partial charge in [0, 0.05) is 18.2 Å². The summed E-state index contributed by atoms with van der Waals surface area (Å²) in [5.74, 6) is -0.0482. The highest BCUT2D eigenvalue weighted by molar-refractivity contribution is 5.96. The lowest BCUT2D eigenvalue weighted by atomic mass is 10.1. The molecule has 8 nitrogen and oxygen atoms in total. The van der Waals surface area contributed by atoms with E-state index in [1.807, 2.05) is 24.3 Å². The number of H-pyrrole nitrogens is 1. The molecular weight excluding hydrogens is 356 g/mol. The van der Waals surface area contributed by atoms with E-state index in [2.05, 4.69) is 26.8 Å². The van der Waals surface area contributed by atoms with E-state index in [1.165, 1.54) is 0 Å². The molecule has 8 heteroatoms. The van der Waals surface area contributed by atoms with E-state index >= 15 is 0 Å². The maximum Gasteiger partial charge on any atom is 0.248 e. The number of hydrogen-bond acceptors (Lipinski definition) is 5. The van der Waals surface area contributed by atoms with Crippen molar-refractivity contribution in [2.45, 2.75) is 6.54 Å². The van der Waals surface area contributed by atoms with Gasteiger partial charge in [-0.15, -0.1) is 0 Å². The zero-order valence-corrected chi connectivity index (χ0v) is 15.2. The van der Waals surface area contributed by atoms with Gasteiger partial charge in [0.25, 0.3) is 0 Å². The Morgan fingerprint density at radius 1 is 1.29 bits per heavy atom. The summed E-state index contributed by atoms with van der Waals surface area (Å²) in [5, 5.41) is 15.3. The lowest BCUT2D eigenvalue weighted by Crippen LogP contribution is -2.10. The molecule has 0 aliphatic rings. The molecule has 0 fully saturated rings. The van der Waals surface area contributed by atoms with Crippen LogP contribution >= 0.6 is 0 Å². The lowest BCUT2D eigenvalue weighted by Gasteiger charge is -2.00. The molecule has 4 aromatic rings. The predicted molar refractivity (Wildman–Crippen MR) is 107 cm³/mol. The number of nitrogens with one attached hydrogen (secondary N) is 1. The van der Waals surface area contributed by atoms with Crippen molar-refractivity contribution in [2.24, 2.45) is 17.8 Å². The average Bonchev–Trinajstić information content (AvgIpc) is 3.22. The third-order valence-electron chi connectivity index (χ3n) is 4.53. The Balaban J connectivity index is 1.78. The smallest absolute Gasteiger partial charge is 0.248 e. The standard InChI is InChI=1S/C20H18N6O2/c1-22-10-11-3-5-12(6-4-11)16-18(27)17(26(2)25-16)20-23-14-8-7-13(19(21)28)9-15(14)24-20/h3-9,27H,1,10H2,2H3,(H2,21,28)(H,23,24). The number of primary amides is 1. The summed E-state index contributed by atoms with van der Waals surface area (Å²) in [6.07, 6.45) is 0. The van der Waals surface area contributed by atoms with Crippen LogP contribution in [-0.4, -0.2) is 37.5 Å². The maximum absolute atomic E-state index is 11.4. The second-order valence-electron chi connectivity index (χ2n) is 6.43. The van der Waals surface area contributed by atoms with Crippen LogP contribution in [-0.2, 0) is 13.6 Å². The summed E-state index contributed by atoms with van der Waals surface area (Å²) >= 11 is 0. The quantitative estimate of drug-likeness (QED) is 0.465. The second kappa shape index (κ2) is 6.66. The summed E-state index contributed by atoms with van der Waals surface area (Å²) in [7, 11) is 1.73. The van der Waals surface area contributed by atoms with Crippen LogP contribution in [0, 0.1) is 0 Å². The number of rotatable bonds is 5. The Bertz CT molecular complexity index is 1200. The summed E-state index contributed by atoms with van der Waals surface area (Å²) < 4.78 is 1.57. The second-order valence-corrected chi connectivity index (χ2v) is 6.43. The maximum atomic E-state index is 11.4. The Labute approximate surface area is 160 Å². The number of amides is 1. The van der Waals surface area contributed by atoms with Crippen molar-refractivity contribution in [1.82, 2.24) is 19.7 Å². The van der Waals surface area contributed by atoms with E-state index in [-0.39, 0.29) is 5.75 Å². The van der Waals surface area contributed by atoms with Crippen LogP contribution in [0.5, 0.6) is 5.75 Å². The molecule has 0 saturated carbocycles. The molecule has 0 atom stereocenters. The van der Waals surface area contributed by atoms with Crippen LogP contribution < -0.4 is 5.73 Å². The highest BCUT2D eigenvalue weighted by atomic mass is 16.3. The third kappa shape index (κ3) is 2.90. The molecular formula is C20H18N6O2. The summed E-state index contributed by atoms with van der Waals surface area (Å²) in [5.41, 5.74) is 9.72. The third-order valence-corrected chi connectivity index (χ3v) is 4.53. The molecule has 4 N–H and O–H groups in total. The molecule has 1 amide bonds. The molecule has 0 spiro atoms. The van der Waals surface area contributed by atoms with Gasteiger partial charge in [-0.25, -0.2) is 4.98 Å². The van der Waals surface area contributed by atoms with Crippen molar-refractivity contribution in [1.29, 1.82) is 0 Å². The minimum atomic E-state index is -0.515. The first kappa shape index (κ1) is 17.5. The van der Waals surface area contributed by atoms with Gasteiger partial charge >= 0.3 is 0 Å². The van der Waals surface area contributed by atoms with Crippen LogP contribution in [0.15, 0.2) is 47.5 Å². The number of nitrogens with zero attached hydrogens (tertiary/aromatic N) is 4.